The quantitative estimate of drug-likeness (QED) is 0.811. The minimum absolute atomic E-state index is 0.109. The third kappa shape index (κ3) is 3.04. The van der Waals surface area contributed by atoms with Crippen molar-refractivity contribution >= 4 is 21.4 Å². The molecule has 0 saturated heterocycles. The molecule has 1 heterocycles. The summed E-state index contributed by atoms with van der Waals surface area (Å²) >= 11 is 1.11. The Morgan fingerprint density at radius 2 is 2.19 bits per heavy atom. The van der Waals surface area contributed by atoms with Crippen molar-refractivity contribution in [3.05, 3.63) is 17.0 Å². The molecule has 0 unspecified atom stereocenters. The Bertz CT molecular complexity index is 448. The van der Waals surface area contributed by atoms with E-state index >= 15 is 0 Å². The van der Waals surface area contributed by atoms with Crippen LogP contribution < -0.4 is 4.72 Å². The lowest BCUT2D eigenvalue weighted by Crippen LogP contribution is -2.24. The summed E-state index contributed by atoms with van der Waals surface area (Å²) in [6.45, 7) is 0.404. The Kier molecular flexibility index (Phi) is 3.63. The van der Waals surface area contributed by atoms with Crippen molar-refractivity contribution in [3.8, 4) is 0 Å². The molecule has 0 bridgehead atoms. The minimum atomic E-state index is -3.36. The average molecular weight is 261 g/mol. The van der Waals surface area contributed by atoms with Crippen molar-refractivity contribution in [2.75, 3.05) is 6.54 Å². The summed E-state index contributed by atoms with van der Waals surface area (Å²) in [4.78, 5) is 0.669. The molecule has 0 aliphatic heterocycles. The third-order valence-corrected chi connectivity index (χ3v) is 5.62. The first-order valence-corrected chi connectivity index (χ1v) is 7.61. The van der Waals surface area contributed by atoms with Crippen LogP contribution in [-0.4, -0.2) is 20.1 Å². The maximum absolute atomic E-state index is 11.8. The van der Waals surface area contributed by atoms with Gasteiger partial charge in [0.1, 0.15) is 4.21 Å². The first-order chi connectivity index (χ1) is 7.62. The van der Waals surface area contributed by atoms with Crippen LogP contribution in [0.5, 0.6) is 0 Å². The van der Waals surface area contributed by atoms with Gasteiger partial charge < -0.3 is 5.11 Å². The lowest BCUT2D eigenvalue weighted by molar-refractivity contribution is 0.285. The average Bonchev–Trinajstić information content (AvgIpc) is 2.93. The SMILES string of the molecule is O=S(=O)(NCCC1CC1)c1ccc(CO)s1. The van der Waals surface area contributed by atoms with Gasteiger partial charge in [0.05, 0.1) is 6.61 Å². The second-order valence-electron chi connectivity index (χ2n) is 4.01. The molecule has 0 spiro atoms. The van der Waals surface area contributed by atoms with E-state index in [9.17, 15) is 8.42 Å². The Morgan fingerprint density at radius 3 is 2.75 bits per heavy atom. The van der Waals surface area contributed by atoms with Crippen LogP contribution in [0.4, 0.5) is 0 Å². The van der Waals surface area contributed by atoms with E-state index in [-0.39, 0.29) is 10.8 Å². The molecule has 16 heavy (non-hydrogen) atoms. The molecule has 1 saturated carbocycles. The van der Waals surface area contributed by atoms with E-state index in [1.165, 1.54) is 18.9 Å². The highest BCUT2D eigenvalue weighted by Gasteiger charge is 2.22. The van der Waals surface area contributed by atoms with Gasteiger partial charge in [-0.25, -0.2) is 13.1 Å². The van der Waals surface area contributed by atoms with E-state index in [0.29, 0.717) is 11.4 Å². The van der Waals surface area contributed by atoms with Gasteiger partial charge in [-0.05, 0) is 24.5 Å². The fourth-order valence-electron chi connectivity index (χ4n) is 1.46. The molecule has 0 amide bonds. The molecule has 90 valence electrons. The van der Waals surface area contributed by atoms with E-state index < -0.39 is 10.0 Å². The molecule has 1 aromatic heterocycles. The van der Waals surface area contributed by atoms with Gasteiger partial charge in [-0.3, -0.25) is 0 Å². The summed E-state index contributed by atoms with van der Waals surface area (Å²) in [5.74, 6) is 0.721. The number of thiophene rings is 1. The van der Waals surface area contributed by atoms with Gasteiger partial charge in [-0.2, -0.15) is 0 Å². The van der Waals surface area contributed by atoms with Gasteiger partial charge in [0.15, 0.2) is 0 Å². The van der Waals surface area contributed by atoms with Crippen molar-refractivity contribution in [1.29, 1.82) is 0 Å². The number of sulfonamides is 1. The van der Waals surface area contributed by atoms with E-state index in [1.54, 1.807) is 6.07 Å². The molecule has 1 fully saturated rings. The molecule has 6 heteroatoms. The summed E-state index contributed by atoms with van der Waals surface area (Å²) in [5, 5.41) is 8.87. The number of nitrogens with one attached hydrogen (secondary N) is 1. The Balaban J connectivity index is 1.94. The first kappa shape index (κ1) is 12.0. The first-order valence-electron chi connectivity index (χ1n) is 5.31. The Labute approximate surface area is 99.4 Å². The highest BCUT2D eigenvalue weighted by Crippen LogP contribution is 2.32. The van der Waals surface area contributed by atoms with E-state index in [1.807, 2.05) is 0 Å². The van der Waals surface area contributed by atoms with Crippen LogP contribution in [0.3, 0.4) is 0 Å². The van der Waals surface area contributed by atoms with E-state index in [2.05, 4.69) is 4.72 Å². The van der Waals surface area contributed by atoms with Crippen LogP contribution in [0.2, 0.25) is 0 Å². The smallest absolute Gasteiger partial charge is 0.250 e. The zero-order chi connectivity index (χ0) is 11.6. The molecular formula is C10H15NO3S2. The predicted molar refractivity (Wildman–Crippen MR) is 62.8 cm³/mol. The molecule has 4 nitrogen and oxygen atoms in total. The summed E-state index contributed by atoms with van der Waals surface area (Å²) in [6, 6.07) is 3.18. The van der Waals surface area contributed by atoms with Crippen LogP contribution in [0, 0.1) is 5.92 Å². The zero-order valence-corrected chi connectivity index (χ0v) is 10.5. The highest BCUT2D eigenvalue weighted by atomic mass is 32.2. The monoisotopic (exact) mass is 261 g/mol. The molecule has 0 aromatic carbocycles. The molecule has 1 aliphatic carbocycles. The highest BCUT2D eigenvalue weighted by molar-refractivity contribution is 7.91. The molecule has 0 atom stereocenters. The maximum atomic E-state index is 11.8. The number of hydrogen-bond acceptors (Lipinski definition) is 4. The van der Waals surface area contributed by atoms with Crippen LogP contribution in [0.1, 0.15) is 24.1 Å². The number of aliphatic hydroxyl groups is 1. The largest absolute Gasteiger partial charge is 0.391 e. The Hall–Kier alpha value is -0.430. The van der Waals surface area contributed by atoms with Crippen LogP contribution in [0.15, 0.2) is 16.3 Å². The topological polar surface area (TPSA) is 66.4 Å². The maximum Gasteiger partial charge on any atom is 0.250 e. The van der Waals surface area contributed by atoms with Gasteiger partial charge in [0.25, 0.3) is 0 Å². The van der Waals surface area contributed by atoms with Crippen molar-refractivity contribution in [3.63, 3.8) is 0 Å². The molecule has 2 N–H and O–H groups in total. The van der Waals surface area contributed by atoms with Gasteiger partial charge >= 0.3 is 0 Å². The zero-order valence-electron chi connectivity index (χ0n) is 8.85. The van der Waals surface area contributed by atoms with Crippen molar-refractivity contribution in [1.82, 2.24) is 4.72 Å². The second kappa shape index (κ2) is 4.83. The molecular weight excluding hydrogens is 246 g/mol. The van der Waals surface area contributed by atoms with Crippen LogP contribution >= 0.6 is 11.3 Å². The summed E-state index contributed by atoms with van der Waals surface area (Å²) in [6.07, 6.45) is 3.39. The predicted octanol–water partition coefficient (Wildman–Crippen LogP) is 1.32. The standard InChI is InChI=1S/C10H15NO3S2/c12-7-9-3-4-10(15-9)16(13,14)11-6-5-8-1-2-8/h3-4,8,11-12H,1-2,5-7H2. The lowest BCUT2D eigenvalue weighted by Gasteiger charge is -2.03. The molecule has 0 radical (unpaired) electrons. The number of rotatable bonds is 6. The number of hydrogen-bond donors (Lipinski definition) is 2. The lowest BCUT2D eigenvalue weighted by atomic mass is 10.3. The van der Waals surface area contributed by atoms with Gasteiger partial charge in [0, 0.05) is 11.4 Å². The fraction of sp³-hybridized carbons (Fsp3) is 0.600. The van der Waals surface area contributed by atoms with Crippen LogP contribution in [0.25, 0.3) is 0 Å². The van der Waals surface area contributed by atoms with Crippen molar-refractivity contribution in [2.24, 2.45) is 5.92 Å². The summed E-state index contributed by atoms with van der Waals surface area (Å²) in [5.41, 5.74) is 0. The third-order valence-electron chi connectivity index (χ3n) is 2.60. The summed E-state index contributed by atoms with van der Waals surface area (Å²) in [7, 11) is -3.36. The molecule has 1 aromatic rings. The Morgan fingerprint density at radius 1 is 1.44 bits per heavy atom. The summed E-state index contributed by atoms with van der Waals surface area (Å²) < 4.78 is 26.4. The van der Waals surface area contributed by atoms with Gasteiger partial charge in [0.2, 0.25) is 10.0 Å². The van der Waals surface area contributed by atoms with Crippen molar-refractivity contribution < 1.29 is 13.5 Å². The number of aliphatic hydroxyl groups excluding tert-OH is 1. The normalized spacial score (nSPS) is 16.6. The van der Waals surface area contributed by atoms with Gasteiger partial charge in [-0.1, -0.05) is 12.8 Å². The van der Waals surface area contributed by atoms with E-state index in [4.69, 9.17) is 5.11 Å². The molecule has 1 aliphatic rings. The van der Waals surface area contributed by atoms with Crippen LogP contribution in [-0.2, 0) is 16.6 Å². The van der Waals surface area contributed by atoms with Gasteiger partial charge in [-0.15, -0.1) is 11.3 Å². The fourth-order valence-corrected chi connectivity index (χ4v) is 3.77. The van der Waals surface area contributed by atoms with Crippen molar-refractivity contribution in [2.45, 2.75) is 30.1 Å². The minimum Gasteiger partial charge on any atom is -0.391 e. The van der Waals surface area contributed by atoms with E-state index in [0.717, 1.165) is 23.7 Å². The molecule has 2 rings (SSSR count). The second-order valence-corrected chi connectivity index (χ2v) is 7.17.